The highest BCUT2D eigenvalue weighted by molar-refractivity contribution is 5.96. The normalized spacial score (nSPS) is 32.1. The number of nitrogens with zero attached hydrogens (tertiary/aromatic N) is 1. The Labute approximate surface area is 183 Å². The Morgan fingerprint density at radius 3 is 2.72 bits per heavy atom. The van der Waals surface area contributed by atoms with Crippen molar-refractivity contribution in [3.05, 3.63) is 34.9 Å². The quantitative estimate of drug-likeness (QED) is 0.161. The van der Waals surface area contributed by atoms with E-state index in [0.717, 1.165) is 36.8 Å². The van der Waals surface area contributed by atoms with Gasteiger partial charge in [-0.1, -0.05) is 12.1 Å². The highest BCUT2D eigenvalue weighted by atomic mass is 16.5. The molecule has 32 heavy (non-hydrogen) atoms. The van der Waals surface area contributed by atoms with Crippen LogP contribution in [0.3, 0.4) is 0 Å². The summed E-state index contributed by atoms with van der Waals surface area (Å²) < 4.78 is 1.40. The van der Waals surface area contributed by atoms with Gasteiger partial charge in [-0.3, -0.25) is 26.6 Å². The Morgan fingerprint density at radius 2 is 1.97 bits per heavy atom. The second-order valence-electron chi connectivity index (χ2n) is 8.79. The third kappa shape index (κ3) is 2.62. The van der Waals surface area contributed by atoms with Crippen molar-refractivity contribution in [1.29, 1.82) is 0 Å². The molecule has 0 radical (unpaired) electrons. The molecule has 0 bridgehead atoms. The van der Waals surface area contributed by atoms with E-state index in [-0.39, 0.29) is 18.5 Å². The molecule has 1 spiro atoms. The van der Waals surface area contributed by atoms with Crippen LogP contribution in [0.25, 0.3) is 0 Å². The van der Waals surface area contributed by atoms with E-state index < -0.39 is 41.5 Å². The van der Waals surface area contributed by atoms with Crippen LogP contribution in [0.15, 0.2) is 18.2 Å². The molecule has 12 heteroatoms. The molecule has 1 aromatic rings. The fourth-order valence-electron chi connectivity index (χ4n) is 5.58. The van der Waals surface area contributed by atoms with Crippen LogP contribution in [0.2, 0.25) is 0 Å². The van der Waals surface area contributed by atoms with Crippen LogP contribution in [0.1, 0.15) is 34.3 Å². The van der Waals surface area contributed by atoms with E-state index in [1.54, 1.807) is 6.07 Å². The van der Waals surface area contributed by atoms with Gasteiger partial charge in [0.2, 0.25) is 6.04 Å². The summed E-state index contributed by atoms with van der Waals surface area (Å²) in [6.07, 6.45) is 3.74. The molecular formula is C20H27N7O5+2. The van der Waals surface area contributed by atoms with Gasteiger partial charge in [0, 0.05) is 5.56 Å². The zero-order chi connectivity index (χ0) is 22.8. The molecule has 1 amide bonds. The summed E-state index contributed by atoms with van der Waals surface area (Å²) in [5, 5.41) is 40.5. The molecule has 1 fully saturated rings. The lowest BCUT2D eigenvalue weighted by Crippen LogP contribution is -2.92. The molecule has 1 aromatic carbocycles. The lowest BCUT2D eigenvalue weighted by Gasteiger charge is -2.39. The molecule has 1 saturated heterocycles. The topological polar surface area (TPSA) is 200 Å². The lowest BCUT2D eigenvalue weighted by atomic mass is 9.85. The minimum absolute atomic E-state index is 0.0284. The molecule has 3 heterocycles. The number of guanidine groups is 2. The van der Waals surface area contributed by atoms with E-state index in [9.17, 15) is 24.9 Å². The lowest BCUT2D eigenvalue weighted by molar-refractivity contribution is -0.672. The number of carboxylic acid groups (broad SMARTS) is 1. The number of hydrogen-bond acceptors (Lipinski definition) is 8. The van der Waals surface area contributed by atoms with Crippen LogP contribution in [-0.2, 0) is 17.6 Å². The average molecular weight is 445 g/mol. The van der Waals surface area contributed by atoms with Gasteiger partial charge in [0.15, 0.2) is 6.04 Å². The second-order valence-corrected chi connectivity index (χ2v) is 8.79. The van der Waals surface area contributed by atoms with Gasteiger partial charge in [0.25, 0.3) is 17.4 Å². The van der Waals surface area contributed by atoms with Crippen molar-refractivity contribution in [2.45, 2.75) is 55.3 Å². The SMILES string of the molecule is NC1=[NH+][C@H]2C(C(=O)O)NC(N)=[N+]3C[C@H](NC(=O)c4cccc5c4CCCC5)C(O)(O)[C@]23N1. The summed E-state index contributed by atoms with van der Waals surface area (Å²) in [5.41, 5.74) is 12.7. The highest BCUT2D eigenvalue weighted by Gasteiger charge is 2.78. The number of amides is 1. The number of aliphatic carboxylic acids is 1. The Kier molecular flexibility index (Phi) is 4.37. The van der Waals surface area contributed by atoms with Crippen LogP contribution in [0, 0.1) is 0 Å². The summed E-state index contributed by atoms with van der Waals surface area (Å²) in [5.74, 6) is -4.40. The number of aliphatic hydroxyl groups is 2. The number of hydrogen-bond donors (Lipinski definition) is 9. The Bertz CT molecular complexity index is 1080. The maximum atomic E-state index is 13.2. The van der Waals surface area contributed by atoms with Crippen LogP contribution < -0.4 is 32.4 Å². The fraction of sp³-hybridized carbons (Fsp3) is 0.500. The number of aryl methyl sites for hydroxylation is 1. The van der Waals surface area contributed by atoms with Gasteiger partial charge >= 0.3 is 17.9 Å². The first-order valence-electron chi connectivity index (χ1n) is 10.6. The van der Waals surface area contributed by atoms with Gasteiger partial charge in [-0.05, 0) is 42.9 Å². The standard InChI is InChI=1S/C20H25N7O5/c21-17-25-14-13(16(29)30)24-18(22)27-8-12(20(31,32)19(14,27)26-17)23-15(28)11-7-3-5-9-4-1-2-6-10(9)11/h3,5,7,12-14,31-32H,1-2,4,6,8H2,(H7,21,22,23,24,25,26,28,29,30)/p+2/t12-,13?,14-,19-/m0/s1. The maximum Gasteiger partial charge on any atom is 0.347 e. The first-order valence-corrected chi connectivity index (χ1v) is 10.6. The molecule has 4 atom stereocenters. The van der Waals surface area contributed by atoms with Crippen LogP contribution in [0.4, 0.5) is 0 Å². The predicted octanol–water partition coefficient (Wildman–Crippen LogP) is -5.19. The molecule has 12 nitrogen and oxygen atoms in total. The van der Waals surface area contributed by atoms with Crippen molar-refractivity contribution >= 4 is 23.8 Å². The average Bonchev–Trinajstić information content (AvgIpc) is 3.22. The van der Waals surface area contributed by atoms with Gasteiger partial charge < -0.3 is 20.6 Å². The molecule has 3 aliphatic heterocycles. The zero-order valence-electron chi connectivity index (χ0n) is 17.3. The Hall–Kier alpha value is -3.38. The number of nitrogens with one attached hydrogen (secondary N) is 4. The monoisotopic (exact) mass is 445 g/mol. The third-order valence-corrected chi connectivity index (χ3v) is 7.06. The first-order chi connectivity index (χ1) is 15.2. The van der Waals surface area contributed by atoms with E-state index in [4.69, 9.17) is 11.5 Å². The summed E-state index contributed by atoms with van der Waals surface area (Å²) in [6.45, 7) is -0.0859. The molecule has 170 valence electrons. The number of carboxylic acids is 1. The minimum atomic E-state index is -2.61. The van der Waals surface area contributed by atoms with E-state index >= 15 is 0 Å². The van der Waals surface area contributed by atoms with Crippen LogP contribution in [0.5, 0.6) is 0 Å². The summed E-state index contributed by atoms with van der Waals surface area (Å²) >= 11 is 0. The van der Waals surface area contributed by atoms with Crippen molar-refractivity contribution in [3.63, 3.8) is 0 Å². The van der Waals surface area contributed by atoms with Crippen molar-refractivity contribution in [3.8, 4) is 0 Å². The number of benzene rings is 1. The number of fused-ring (bicyclic) bond motifs is 1. The highest BCUT2D eigenvalue weighted by Crippen LogP contribution is 2.37. The van der Waals surface area contributed by atoms with Gasteiger partial charge in [-0.25, -0.2) is 14.7 Å². The Morgan fingerprint density at radius 1 is 1.22 bits per heavy atom. The number of carbonyl (C=O) groups is 2. The smallest absolute Gasteiger partial charge is 0.347 e. The summed E-state index contributed by atoms with van der Waals surface area (Å²) in [6, 6.07) is 1.98. The molecule has 4 aliphatic rings. The van der Waals surface area contributed by atoms with Crippen LogP contribution >= 0.6 is 0 Å². The zero-order valence-corrected chi connectivity index (χ0v) is 17.3. The molecule has 11 N–H and O–H groups in total. The fourth-order valence-corrected chi connectivity index (χ4v) is 5.58. The Balaban J connectivity index is 1.51. The van der Waals surface area contributed by atoms with Crippen LogP contribution in [-0.4, -0.2) is 79.8 Å². The van der Waals surface area contributed by atoms with Crippen molar-refractivity contribution < 1.29 is 34.5 Å². The number of carbonyl (C=O) groups excluding carboxylic acids is 1. The predicted molar refractivity (Wildman–Crippen MR) is 110 cm³/mol. The largest absolute Gasteiger partial charge is 0.479 e. The summed E-state index contributed by atoms with van der Waals surface area (Å²) in [7, 11) is 0. The van der Waals surface area contributed by atoms with Gasteiger partial charge in [-0.2, -0.15) is 0 Å². The molecule has 1 unspecified atom stereocenters. The van der Waals surface area contributed by atoms with Crippen molar-refractivity contribution in [2.75, 3.05) is 6.54 Å². The minimum Gasteiger partial charge on any atom is -0.479 e. The third-order valence-electron chi connectivity index (χ3n) is 7.06. The molecule has 5 rings (SSSR count). The van der Waals surface area contributed by atoms with E-state index in [1.807, 2.05) is 12.1 Å². The maximum absolute atomic E-state index is 13.2. The molecular weight excluding hydrogens is 418 g/mol. The second kappa shape index (κ2) is 6.81. The number of nitrogens with two attached hydrogens (primary N) is 2. The van der Waals surface area contributed by atoms with Crippen molar-refractivity contribution in [1.82, 2.24) is 16.0 Å². The van der Waals surface area contributed by atoms with E-state index in [2.05, 4.69) is 20.9 Å². The number of rotatable bonds is 3. The molecule has 0 saturated carbocycles. The van der Waals surface area contributed by atoms with Gasteiger partial charge in [-0.15, -0.1) is 0 Å². The van der Waals surface area contributed by atoms with Gasteiger partial charge in [0.05, 0.1) is 6.54 Å². The summed E-state index contributed by atoms with van der Waals surface area (Å²) in [4.78, 5) is 27.8. The molecule has 1 aliphatic carbocycles. The molecule has 0 aromatic heterocycles. The van der Waals surface area contributed by atoms with Crippen molar-refractivity contribution in [2.24, 2.45) is 11.5 Å². The first kappa shape index (κ1) is 20.5. The van der Waals surface area contributed by atoms with E-state index in [0.29, 0.717) is 5.56 Å². The van der Waals surface area contributed by atoms with E-state index in [1.165, 1.54) is 4.58 Å². The van der Waals surface area contributed by atoms with Gasteiger partial charge in [0.1, 0.15) is 6.04 Å².